The Morgan fingerprint density at radius 1 is 1.09 bits per heavy atom. The molecule has 0 aliphatic heterocycles. The van der Waals surface area contributed by atoms with Gasteiger partial charge < -0.3 is 8.84 Å². The summed E-state index contributed by atoms with van der Waals surface area (Å²) in [5.41, 5.74) is 1.99. The Hall–Kier alpha value is -2.07. The third kappa shape index (κ3) is 2.68. The number of hydrogen-bond acceptors (Lipinski definition) is 3. The van der Waals surface area contributed by atoms with Crippen LogP contribution in [0.2, 0.25) is 18.1 Å². The lowest BCUT2D eigenvalue weighted by molar-refractivity contribution is 0.112. The molecule has 23 heavy (non-hydrogen) atoms. The van der Waals surface area contributed by atoms with E-state index in [1.807, 2.05) is 30.3 Å². The van der Waals surface area contributed by atoms with Crippen molar-refractivity contribution in [3.63, 3.8) is 0 Å². The van der Waals surface area contributed by atoms with E-state index in [4.69, 9.17) is 8.84 Å². The van der Waals surface area contributed by atoms with Crippen molar-refractivity contribution in [3.05, 3.63) is 42.0 Å². The Morgan fingerprint density at radius 2 is 1.83 bits per heavy atom. The molecule has 3 nitrogen and oxygen atoms in total. The SMILES string of the molecule is CC(C)(C)[Si](C)(C)Oc1ccc2oc3c(C=O)cccc3c2c1. The van der Waals surface area contributed by atoms with Gasteiger partial charge in [-0.25, -0.2) is 0 Å². The molecule has 0 saturated carbocycles. The van der Waals surface area contributed by atoms with Crippen LogP contribution in [0.4, 0.5) is 0 Å². The molecule has 3 rings (SSSR count). The van der Waals surface area contributed by atoms with E-state index in [0.29, 0.717) is 11.1 Å². The number of hydrogen-bond donors (Lipinski definition) is 0. The van der Waals surface area contributed by atoms with Crippen LogP contribution in [0.25, 0.3) is 21.9 Å². The zero-order valence-corrected chi connectivity index (χ0v) is 15.3. The van der Waals surface area contributed by atoms with Crippen molar-refractivity contribution in [1.82, 2.24) is 0 Å². The molecule has 0 saturated heterocycles. The zero-order valence-electron chi connectivity index (χ0n) is 14.3. The van der Waals surface area contributed by atoms with Crippen molar-refractivity contribution in [2.75, 3.05) is 0 Å². The Morgan fingerprint density at radius 3 is 2.48 bits per heavy atom. The lowest BCUT2D eigenvalue weighted by Gasteiger charge is -2.36. The molecule has 120 valence electrons. The molecule has 0 fully saturated rings. The molecule has 0 bridgehead atoms. The first-order chi connectivity index (χ1) is 10.7. The number of carbonyl (C=O) groups is 1. The van der Waals surface area contributed by atoms with Crippen LogP contribution in [-0.2, 0) is 0 Å². The highest BCUT2D eigenvalue weighted by Crippen LogP contribution is 2.39. The third-order valence-corrected chi connectivity index (χ3v) is 9.16. The second-order valence-electron chi connectivity index (χ2n) is 7.46. The fourth-order valence-corrected chi connectivity index (χ4v) is 3.43. The molecule has 3 aromatic rings. The summed E-state index contributed by atoms with van der Waals surface area (Å²) in [4.78, 5) is 11.2. The molecule has 0 N–H and O–H groups in total. The summed E-state index contributed by atoms with van der Waals surface area (Å²) in [6.45, 7) is 11.1. The Balaban J connectivity index is 2.12. The Kier molecular flexibility index (Phi) is 3.60. The van der Waals surface area contributed by atoms with Gasteiger partial charge in [-0.15, -0.1) is 0 Å². The number of rotatable bonds is 3. The average molecular weight is 326 g/mol. The van der Waals surface area contributed by atoms with Gasteiger partial charge >= 0.3 is 0 Å². The maximum Gasteiger partial charge on any atom is 0.250 e. The van der Waals surface area contributed by atoms with E-state index >= 15 is 0 Å². The van der Waals surface area contributed by atoms with Gasteiger partial charge in [0.25, 0.3) is 0 Å². The van der Waals surface area contributed by atoms with E-state index in [0.717, 1.165) is 28.4 Å². The minimum atomic E-state index is -1.88. The van der Waals surface area contributed by atoms with Gasteiger partial charge in [0.15, 0.2) is 6.29 Å². The highest BCUT2D eigenvalue weighted by Gasteiger charge is 2.39. The average Bonchev–Trinajstić information content (AvgIpc) is 2.83. The van der Waals surface area contributed by atoms with Gasteiger partial charge in [-0.1, -0.05) is 32.9 Å². The van der Waals surface area contributed by atoms with Gasteiger partial charge in [-0.3, -0.25) is 4.79 Å². The first kappa shape index (κ1) is 15.8. The first-order valence-corrected chi connectivity index (χ1v) is 10.7. The quantitative estimate of drug-likeness (QED) is 0.452. The smallest absolute Gasteiger partial charge is 0.250 e. The number of carbonyl (C=O) groups excluding carboxylic acids is 1. The molecular weight excluding hydrogens is 304 g/mol. The summed E-state index contributed by atoms with van der Waals surface area (Å²) in [5, 5.41) is 2.08. The Bertz CT molecular complexity index is 885. The highest BCUT2D eigenvalue weighted by atomic mass is 28.4. The van der Waals surface area contributed by atoms with Crippen molar-refractivity contribution in [2.45, 2.75) is 38.9 Å². The van der Waals surface area contributed by atoms with Crippen molar-refractivity contribution < 1.29 is 13.6 Å². The van der Waals surface area contributed by atoms with Gasteiger partial charge in [-0.05, 0) is 42.4 Å². The normalized spacial score (nSPS) is 12.7. The largest absolute Gasteiger partial charge is 0.543 e. The van der Waals surface area contributed by atoms with Crippen LogP contribution in [0.3, 0.4) is 0 Å². The molecule has 0 aliphatic rings. The van der Waals surface area contributed by atoms with E-state index in [-0.39, 0.29) is 5.04 Å². The molecular formula is C19H22O3Si. The summed E-state index contributed by atoms with van der Waals surface area (Å²) in [5.74, 6) is 0.864. The van der Waals surface area contributed by atoms with Crippen LogP contribution in [0.1, 0.15) is 31.1 Å². The standard InChI is InChI=1S/C19H22O3Si/c1-19(2,3)23(4,5)22-14-9-10-17-16(11-14)15-8-6-7-13(12-20)18(15)21-17/h6-12H,1-5H3. The van der Waals surface area contributed by atoms with Crippen molar-refractivity contribution >= 4 is 36.5 Å². The summed E-state index contributed by atoms with van der Waals surface area (Å²) < 4.78 is 12.2. The maximum atomic E-state index is 11.2. The fourth-order valence-electron chi connectivity index (χ4n) is 2.40. The molecule has 0 unspecified atom stereocenters. The lowest BCUT2D eigenvalue weighted by Crippen LogP contribution is -2.43. The lowest BCUT2D eigenvalue weighted by atomic mass is 10.1. The van der Waals surface area contributed by atoms with Gasteiger partial charge in [-0.2, -0.15) is 0 Å². The van der Waals surface area contributed by atoms with Crippen LogP contribution >= 0.6 is 0 Å². The number of aldehydes is 1. The third-order valence-electron chi connectivity index (χ3n) is 4.80. The van der Waals surface area contributed by atoms with Gasteiger partial charge in [0, 0.05) is 10.8 Å². The van der Waals surface area contributed by atoms with E-state index < -0.39 is 8.32 Å². The predicted molar refractivity (Wildman–Crippen MR) is 96.9 cm³/mol. The van der Waals surface area contributed by atoms with Gasteiger partial charge in [0.2, 0.25) is 8.32 Å². The van der Waals surface area contributed by atoms with E-state index in [1.165, 1.54) is 0 Å². The predicted octanol–water partition coefficient (Wildman–Crippen LogP) is 5.78. The number of para-hydroxylation sites is 1. The van der Waals surface area contributed by atoms with E-state index in [2.05, 4.69) is 33.9 Å². The zero-order chi connectivity index (χ0) is 16.8. The van der Waals surface area contributed by atoms with Crippen LogP contribution in [0.5, 0.6) is 5.75 Å². The second kappa shape index (κ2) is 5.23. The summed E-state index contributed by atoms with van der Waals surface area (Å²) in [6, 6.07) is 11.5. The molecule has 2 aromatic carbocycles. The summed E-state index contributed by atoms with van der Waals surface area (Å²) in [6.07, 6.45) is 0.831. The topological polar surface area (TPSA) is 39.4 Å². The van der Waals surface area contributed by atoms with Crippen LogP contribution in [-0.4, -0.2) is 14.6 Å². The molecule has 1 aromatic heterocycles. The minimum absolute atomic E-state index is 0.144. The van der Waals surface area contributed by atoms with Crippen LogP contribution in [0, 0.1) is 0 Å². The summed E-state index contributed by atoms with van der Waals surface area (Å²) >= 11 is 0. The van der Waals surface area contributed by atoms with Crippen LogP contribution < -0.4 is 4.43 Å². The molecule has 1 heterocycles. The Labute approximate surface area is 137 Å². The molecule has 0 aliphatic carbocycles. The number of furan rings is 1. The van der Waals surface area contributed by atoms with Crippen molar-refractivity contribution in [1.29, 1.82) is 0 Å². The van der Waals surface area contributed by atoms with Gasteiger partial charge in [0.05, 0.1) is 5.56 Å². The molecule has 4 heteroatoms. The first-order valence-electron chi connectivity index (χ1n) is 7.82. The van der Waals surface area contributed by atoms with Crippen LogP contribution in [0.15, 0.2) is 40.8 Å². The maximum absolute atomic E-state index is 11.2. The fraction of sp³-hybridized carbons (Fsp3) is 0.316. The molecule has 0 spiro atoms. The molecule has 0 amide bonds. The highest BCUT2D eigenvalue weighted by molar-refractivity contribution is 6.74. The van der Waals surface area contributed by atoms with Crippen molar-refractivity contribution in [3.8, 4) is 5.75 Å². The molecule has 0 radical (unpaired) electrons. The van der Waals surface area contributed by atoms with E-state index in [1.54, 1.807) is 6.07 Å². The summed E-state index contributed by atoms with van der Waals surface area (Å²) in [7, 11) is -1.88. The van der Waals surface area contributed by atoms with E-state index in [9.17, 15) is 4.79 Å². The monoisotopic (exact) mass is 326 g/mol. The van der Waals surface area contributed by atoms with Gasteiger partial charge in [0.1, 0.15) is 16.9 Å². The second-order valence-corrected chi connectivity index (χ2v) is 12.2. The number of benzene rings is 2. The number of fused-ring (bicyclic) bond motifs is 3. The minimum Gasteiger partial charge on any atom is -0.543 e. The van der Waals surface area contributed by atoms with Crippen molar-refractivity contribution in [2.24, 2.45) is 0 Å². The molecule has 0 atom stereocenters.